The van der Waals surface area contributed by atoms with Gasteiger partial charge in [-0.3, -0.25) is 4.79 Å². The van der Waals surface area contributed by atoms with Crippen LogP contribution >= 0.6 is 11.6 Å². The molecule has 4 rings (SSSR count). The van der Waals surface area contributed by atoms with E-state index in [2.05, 4.69) is 15.0 Å². The van der Waals surface area contributed by atoms with Gasteiger partial charge >= 0.3 is 0 Å². The molecular formula is C19H21ClN6O2. The molecule has 8 nitrogen and oxygen atoms in total. The van der Waals surface area contributed by atoms with Gasteiger partial charge in [0.25, 0.3) is 0 Å². The highest BCUT2D eigenvalue weighted by Gasteiger charge is 2.24. The molecule has 1 aliphatic heterocycles. The van der Waals surface area contributed by atoms with E-state index in [0.29, 0.717) is 48.7 Å². The van der Waals surface area contributed by atoms with Crippen molar-refractivity contribution in [3.63, 3.8) is 0 Å². The number of fused-ring (bicyclic) bond motifs is 1. The number of nitrogens with zero attached hydrogens (tertiary/aromatic N) is 6. The van der Waals surface area contributed by atoms with Crippen LogP contribution in [0.25, 0.3) is 22.6 Å². The molecule has 0 unspecified atom stereocenters. The first kappa shape index (κ1) is 18.6. The zero-order valence-electron chi connectivity index (χ0n) is 15.5. The van der Waals surface area contributed by atoms with Crippen LogP contribution in [0.3, 0.4) is 0 Å². The fraction of sp³-hybridized carbons (Fsp3) is 0.368. The van der Waals surface area contributed by atoms with Crippen molar-refractivity contribution < 1.29 is 9.90 Å². The Hall–Kier alpha value is -2.71. The van der Waals surface area contributed by atoms with Crippen molar-refractivity contribution in [3.8, 4) is 11.5 Å². The minimum Gasteiger partial charge on any atom is -0.396 e. The van der Waals surface area contributed by atoms with Gasteiger partial charge < -0.3 is 19.5 Å². The molecule has 0 radical (unpaired) electrons. The molecule has 28 heavy (non-hydrogen) atoms. The standard InChI is InChI=1S/C19H21ClN6O2/c1-24-15-5-3-2-4-14(15)22-18(24)17-13(20)12-21-19(23-17)26-9-7-25(8-10-26)16(28)6-11-27/h2-5,12,27H,6-11H2,1H3. The monoisotopic (exact) mass is 400 g/mol. The van der Waals surface area contributed by atoms with E-state index in [1.165, 1.54) is 0 Å². The number of aliphatic hydroxyl groups excluding tert-OH is 1. The smallest absolute Gasteiger partial charge is 0.226 e. The van der Waals surface area contributed by atoms with Crippen molar-refractivity contribution in [1.29, 1.82) is 0 Å². The molecule has 0 saturated carbocycles. The average Bonchev–Trinajstić information content (AvgIpc) is 3.05. The third-order valence-electron chi connectivity index (χ3n) is 4.97. The first-order valence-corrected chi connectivity index (χ1v) is 9.54. The number of hydrogen-bond donors (Lipinski definition) is 1. The normalized spacial score (nSPS) is 14.7. The maximum Gasteiger partial charge on any atom is 0.226 e. The van der Waals surface area contributed by atoms with Crippen molar-refractivity contribution in [3.05, 3.63) is 35.5 Å². The van der Waals surface area contributed by atoms with Crippen LogP contribution in [0.5, 0.6) is 0 Å². The number of carbonyl (C=O) groups excluding carboxylic acids is 1. The van der Waals surface area contributed by atoms with Gasteiger partial charge in [-0.05, 0) is 12.1 Å². The highest BCUT2D eigenvalue weighted by Crippen LogP contribution is 2.29. The topological polar surface area (TPSA) is 87.4 Å². The third kappa shape index (κ3) is 3.41. The Labute approximate surface area is 167 Å². The molecule has 1 aliphatic rings. The van der Waals surface area contributed by atoms with Crippen LogP contribution < -0.4 is 4.90 Å². The van der Waals surface area contributed by atoms with Gasteiger partial charge in [0.15, 0.2) is 5.82 Å². The SMILES string of the molecule is Cn1c(-c2nc(N3CCN(C(=O)CCO)CC3)ncc2Cl)nc2ccccc21. The number of aryl methyl sites for hydroxylation is 1. The number of rotatable bonds is 4. The molecule has 3 aromatic rings. The zero-order chi connectivity index (χ0) is 19.7. The second-order valence-electron chi connectivity index (χ2n) is 6.69. The van der Waals surface area contributed by atoms with E-state index < -0.39 is 0 Å². The lowest BCUT2D eigenvalue weighted by molar-refractivity contribution is -0.132. The minimum absolute atomic E-state index is 0.0282. The van der Waals surface area contributed by atoms with Crippen LogP contribution in [0.2, 0.25) is 5.02 Å². The number of anilines is 1. The number of piperazine rings is 1. The summed E-state index contributed by atoms with van der Waals surface area (Å²) in [6.07, 6.45) is 1.76. The van der Waals surface area contributed by atoms with E-state index >= 15 is 0 Å². The lowest BCUT2D eigenvalue weighted by Gasteiger charge is -2.34. The van der Waals surface area contributed by atoms with Gasteiger partial charge in [-0.2, -0.15) is 0 Å². The number of aromatic nitrogens is 4. The van der Waals surface area contributed by atoms with Gasteiger partial charge in [0, 0.05) is 39.6 Å². The van der Waals surface area contributed by atoms with E-state index in [0.717, 1.165) is 11.0 Å². The van der Waals surface area contributed by atoms with Gasteiger partial charge in [-0.1, -0.05) is 23.7 Å². The Morgan fingerprint density at radius 2 is 1.93 bits per heavy atom. The summed E-state index contributed by atoms with van der Waals surface area (Å²) in [6.45, 7) is 2.28. The Kier molecular flexibility index (Phi) is 5.15. The number of hydrogen-bond acceptors (Lipinski definition) is 6. The Morgan fingerprint density at radius 1 is 1.18 bits per heavy atom. The molecule has 0 bridgehead atoms. The molecule has 1 saturated heterocycles. The first-order valence-electron chi connectivity index (χ1n) is 9.16. The Balaban J connectivity index is 1.60. The van der Waals surface area contributed by atoms with Gasteiger partial charge in [-0.15, -0.1) is 0 Å². The minimum atomic E-state index is -0.124. The van der Waals surface area contributed by atoms with Gasteiger partial charge in [0.2, 0.25) is 11.9 Å². The molecule has 0 spiro atoms. The number of carbonyl (C=O) groups is 1. The van der Waals surface area contributed by atoms with E-state index in [-0.39, 0.29) is 18.9 Å². The molecule has 1 N–H and O–H groups in total. The van der Waals surface area contributed by atoms with Crippen molar-refractivity contribution in [1.82, 2.24) is 24.4 Å². The molecule has 146 valence electrons. The van der Waals surface area contributed by atoms with Crippen LogP contribution in [0.4, 0.5) is 5.95 Å². The van der Waals surface area contributed by atoms with Gasteiger partial charge in [-0.25, -0.2) is 15.0 Å². The fourth-order valence-electron chi connectivity index (χ4n) is 3.43. The quantitative estimate of drug-likeness (QED) is 0.717. The second kappa shape index (κ2) is 7.73. The van der Waals surface area contributed by atoms with Crippen LogP contribution in [0, 0.1) is 0 Å². The molecule has 0 aliphatic carbocycles. The van der Waals surface area contributed by atoms with Crippen molar-refractivity contribution in [2.75, 3.05) is 37.7 Å². The van der Waals surface area contributed by atoms with Crippen LogP contribution in [-0.2, 0) is 11.8 Å². The number of benzene rings is 1. The summed E-state index contributed by atoms with van der Waals surface area (Å²) in [5.41, 5.74) is 2.47. The summed E-state index contributed by atoms with van der Waals surface area (Å²) in [5, 5.41) is 9.38. The van der Waals surface area contributed by atoms with Crippen LogP contribution in [0.15, 0.2) is 30.5 Å². The summed E-state index contributed by atoms with van der Waals surface area (Å²) >= 11 is 6.40. The average molecular weight is 401 g/mol. The number of para-hydroxylation sites is 2. The molecule has 1 fully saturated rings. The van der Waals surface area contributed by atoms with E-state index in [1.54, 1.807) is 11.1 Å². The fourth-order valence-corrected chi connectivity index (χ4v) is 3.61. The summed E-state index contributed by atoms with van der Waals surface area (Å²) in [5.74, 6) is 1.23. The molecular weight excluding hydrogens is 380 g/mol. The van der Waals surface area contributed by atoms with E-state index in [9.17, 15) is 4.79 Å². The number of amides is 1. The summed E-state index contributed by atoms with van der Waals surface area (Å²) in [7, 11) is 1.94. The highest BCUT2D eigenvalue weighted by molar-refractivity contribution is 6.32. The van der Waals surface area contributed by atoms with Crippen molar-refractivity contribution in [2.24, 2.45) is 7.05 Å². The summed E-state index contributed by atoms with van der Waals surface area (Å²) in [6, 6.07) is 7.88. The number of aliphatic hydroxyl groups is 1. The summed E-state index contributed by atoms with van der Waals surface area (Å²) in [4.78, 5) is 29.5. The number of halogens is 1. The zero-order valence-corrected chi connectivity index (χ0v) is 16.3. The van der Waals surface area contributed by atoms with Crippen LogP contribution in [-0.4, -0.2) is 68.2 Å². The molecule has 0 atom stereocenters. The predicted octanol–water partition coefficient (Wildman–Crippen LogP) is 1.71. The van der Waals surface area contributed by atoms with Gasteiger partial charge in [0.05, 0.1) is 28.9 Å². The first-order chi connectivity index (χ1) is 13.6. The molecule has 2 aromatic heterocycles. The Bertz CT molecular complexity index is 1010. The molecule has 9 heteroatoms. The molecule has 1 aromatic carbocycles. The predicted molar refractivity (Wildman–Crippen MR) is 107 cm³/mol. The third-order valence-corrected chi connectivity index (χ3v) is 5.25. The highest BCUT2D eigenvalue weighted by atomic mass is 35.5. The van der Waals surface area contributed by atoms with Gasteiger partial charge in [0.1, 0.15) is 5.69 Å². The lowest BCUT2D eigenvalue weighted by atomic mass is 10.3. The summed E-state index contributed by atoms with van der Waals surface area (Å²) < 4.78 is 1.97. The second-order valence-corrected chi connectivity index (χ2v) is 7.10. The maximum absolute atomic E-state index is 11.9. The molecule has 3 heterocycles. The lowest BCUT2D eigenvalue weighted by Crippen LogP contribution is -2.49. The Morgan fingerprint density at radius 3 is 2.64 bits per heavy atom. The molecule has 1 amide bonds. The van der Waals surface area contributed by atoms with E-state index in [4.69, 9.17) is 16.7 Å². The largest absolute Gasteiger partial charge is 0.396 e. The van der Waals surface area contributed by atoms with Crippen molar-refractivity contribution >= 4 is 34.5 Å². The number of imidazole rings is 1. The van der Waals surface area contributed by atoms with E-state index in [1.807, 2.05) is 40.8 Å². The van der Waals surface area contributed by atoms with Crippen LogP contribution in [0.1, 0.15) is 6.42 Å². The van der Waals surface area contributed by atoms with Crippen molar-refractivity contribution in [2.45, 2.75) is 6.42 Å². The maximum atomic E-state index is 11.9.